The third kappa shape index (κ3) is 6.27. The average Bonchev–Trinajstić information content (AvgIpc) is 3.87. The molecule has 0 spiro atoms. The first kappa shape index (κ1) is 36.4. The minimum absolute atomic E-state index is 1.11. The highest BCUT2D eigenvalue weighted by molar-refractivity contribution is 6.13. The van der Waals surface area contributed by atoms with Crippen LogP contribution in [0.4, 0.5) is 17.1 Å². The Morgan fingerprint density at radius 1 is 0.302 bits per heavy atom. The fourth-order valence-electron chi connectivity index (χ4n) is 9.50. The van der Waals surface area contributed by atoms with Crippen molar-refractivity contribution in [2.24, 2.45) is 0 Å². The van der Waals surface area contributed by atoms with E-state index in [1.165, 1.54) is 65.9 Å². The van der Waals surface area contributed by atoms with Gasteiger partial charge in [-0.2, -0.15) is 0 Å². The Balaban J connectivity index is 0.969. The van der Waals surface area contributed by atoms with E-state index in [1.807, 2.05) is 12.4 Å². The maximum Gasteiger partial charge on any atom is 0.0541 e. The minimum Gasteiger partial charge on any atom is -0.311 e. The Bertz CT molecular complexity index is 3550. The molecule has 12 rings (SSSR count). The first-order valence-corrected chi connectivity index (χ1v) is 21.4. The van der Waals surface area contributed by atoms with Gasteiger partial charge in [-0.3, -0.25) is 4.98 Å². The second-order valence-corrected chi connectivity index (χ2v) is 16.0. The smallest absolute Gasteiger partial charge is 0.0541 e. The van der Waals surface area contributed by atoms with Gasteiger partial charge in [-0.1, -0.05) is 121 Å². The van der Waals surface area contributed by atoms with Crippen LogP contribution in [-0.2, 0) is 0 Å². The van der Waals surface area contributed by atoms with E-state index in [0.717, 1.165) is 39.6 Å². The molecule has 4 nitrogen and oxygen atoms in total. The molecule has 9 aromatic carbocycles. The number of aromatic nitrogens is 3. The third-order valence-corrected chi connectivity index (χ3v) is 12.4. The summed E-state index contributed by atoms with van der Waals surface area (Å²) in [6.07, 6.45) is 3.72. The molecular weight excluding hydrogens is 765 g/mol. The summed E-state index contributed by atoms with van der Waals surface area (Å²) in [5, 5.41) is 4.91. The summed E-state index contributed by atoms with van der Waals surface area (Å²) in [7, 11) is 0. The fraction of sp³-hybridized carbons (Fsp3) is 0. The van der Waals surface area contributed by atoms with E-state index in [-0.39, 0.29) is 0 Å². The van der Waals surface area contributed by atoms with Gasteiger partial charge in [-0.15, -0.1) is 0 Å². The maximum absolute atomic E-state index is 4.27. The molecule has 0 unspecified atom stereocenters. The van der Waals surface area contributed by atoms with E-state index in [9.17, 15) is 0 Å². The van der Waals surface area contributed by atoms with Gasteiger partial charge in [-0.25, -0.2) is 0 Å². The van der Waals surface area contributed by atoms with Crippen LogP contribution in [0.3, 0.4) is 0 Å². The van der Waals surface area contributed by atoms with E-state index >= 15 is 0 Å². The molecule has 0 amide bonds. The van der Waals surface area contributed by atoms with Crippen molar-refractivity contribution in [3.8, 4) is 44.8 Å². The highest BCUT2D eigenvalue weighted by Crippen LogP contribution is 2.42. The van der Waals surface area contributed by atoms with Gasteiger partial charge in [0, 0.05) is 62.3 Å². The molecule has 0 N–H and O–H groups in total. The van der Waals surface area contributed by atoms with Gasteiger partial charge in [0.25, 0.3) is 0 Å². The predicted octanol–water partition coefficient (Wildman–Crippen LogP) is 15.7. The van der Waals surface area contributed by atoms with E-state index in [0.29, 0.717) is 0 Å². The zero-order valence-electron chi connectivity index (χ0n) is 34.4. The number of benzene rings is 9. The molecule has 0 atom stereocenters. The van der Waals surface area contributed by atoms with Crippen LogP contribution in [0, 0.1) is 0 Å². The minimum atomic E-state index is 1.11. The highest BCUT2D eigenvalue weighted by Gasteiger charge is 2.19. The number of pyridine rings is 1. The van der Waals surface area contributed by atoms with Gasteiger partial charge in [0.05, 0.1) is 27.8 Å². The van der Waals surface area contributed by atoms with Crippen LogP contribution in [0.25, 0.3) is 88.4 Å². The molecule has 0 aliphatic rings. The molecule has 0 radical (unpaired) electrons. The van der Waals surface area contributed by atoms with E-state index in [2.05, 4.69) is 250 Å². The van der Waals surface area contributed by atoms with Crippen LogP contribution in [0.15, 0.2) is 243 Å². The summed E-state index contributed by atoms with van der Waals surface area (Å²) in [6.45, 7) is 0. The van der Waals surface area contributed by atoms with Crippen molar-refractivity contribution >= 4 is 60.7 Å². The van der Waals surface area contributed by atoms with Crippen molar-refractivity contribution in [3.05, 3.63) is 243 Å². The van der Waals surface area contributed by atoms with E-state index in [4.69, 9.17) is 0 Å². The van der Waals surface area contributed by atoms with Crippen LogP contribution in [0.5, 0.6) is 0 Å². The standard InChI is InChI=1S/C59H40N4/c1-4-14-42(15-5-1)52-38-43(41-34-36-60-37-35-41)24-31-57(52)63-56-23-13-11-21-51(56)54-40-45(26-33-59(54)63)44-25-32-58-53(39-44)50-20-10-12-22-55(50)62(58)49-29-27-48(28-30-49)61(46-16-6-2-7-17-46)47-18-8-3-9-19-47/h1-40H. The van der Waals surface area contributed by atoms with Crippen LogP contribution in [0.1, 0.15) is 0 Å². The monoisotopic (exact) mass is 804 g/mol. The molecule has 0 saturated carbocycles. The predicted molar refractivity (Wildman–Crippen MR) is 264 cm³/mol. The highest BCUT2D eigenvalue weighted by atomic mass is 15.1. The molecule has 0 aliphatic heterocycles. The molecule has 63 heavy (non-hydrogen) atoms. The molecule has 3 aromatic heterocycles. The van der Waals surface area contributed by atoms with E-state index in [1.54, 1.807) is 0 Å². The number of para-hydroxylation sites is 4. The Morgan fingerprint density at radius 3 is 1.37 bits per heavy atom. The van der Waals surface area contributed by atoms with Gasteiger partial charge >= 0.3 is 0 Å². The van der Waals surface area contributed by atoms with Crippen molar-refractivity contribution in [3.63, 3.8) is 0 Å². The van der Waals surface area contributed by atoms with Crippen LogP contribution in [0.2, 0.25) is 0 Å². The van der Waals surface area contributed by atoms with Crippen LogP contribution < -0.4 is 4.90 Å². The van der Waals surface area contributed by atoms with Crippen molar-refractivity contribution in [2.75, 3.05) is 4.90 Å². The van der Waals surface area contributed by atoms with Gasteiger partial charge in [0.2, 0.25) is 0 Å². The quantitative estimate of drug-likeness (QED) is 0.153. The van der Waals surface area contributed by atoms with Crippen LogP contribution >= 0.6 is 0 Å². The number of anilines is 3. The first-order chi connectivity index (χ1) is 31.3. The topological polar surface area (TPSA) is 26.0 Å². The maximum atomic E-state index is 4.27. The lowest BCUT2D eigenvalue weighted by molar-refractivity contribution is 1.17. The molecular formula is C59H40N4. The summed E-state index contributed by atoms with van der Waals surface area (Å²) in [5.74, 6) is 0. The zero-order chi connectivity index (χ0) is 41.7. The number of hydrogen-bond acceptors (Lipinski definition) is 2. The molecule has 12 aromatic rings. The SMILES string of the molecule is c1ccc(-c2cc(-c3ccncc3)ccc2-n2c3ccccc3c3cc(-c4ccc5c(c4)c4ccccc4n5-c4ccc(N(c5ccccc5)c5ccccc5)cc4)ccc32)cc1. The second kappa shape index (κ2) is 15.2. The van der Waals surface area contributed by atoms with Crippen LogP contribution in [-0.4, -0.2) is 14.1 Å². The summed E-state index contributed by atoms with van der Waals surface area (Å²) in [6, 6.07) is 83.3. The molecule has 296 valence electrons. The van der Waals surface area contributed by atoms with E-state index < -0.39 is 0 Å². The normalized spacial score (nSPS) is 11.5. The molecule has 4 heteroatoms. The Hall–Kier alpha value is -8.47. The van der Waals surface area contributed by atoms with Gasteiger partial charge in [-0.05, 0) is 137 Å². The third-order valence-electron chi connectivity index (χ3n) is 12.4. The Morgan fingerprint density at radius 2 is 0.762 bits per heavy atom. The van der Waals surface area contributed by atoms with Gasteiger partial charge < -0.3 is 14.0 Å². The van der Waals surface area contributed by atoms with Crippen molar-refractivity contribution in [1.29, 1.82) is 0 Å². The van der Waals surface area contributed by atoms with Crippen molar-refractivity contribution < 1.29 is 0 Å². The fourth-order valence-corrected chi connectivity index (χ4v) is 9.50. The number of hydrogen-bond donors (Lipinski definition) is 0. The lowest BCUT2D eigenvalue weighted by atomic mass is 9.97. The summed E-state index contributed by atoms with van der Waals surface area (Å²) in [4.78, 5) is 6.57. The molecule has 0 aliphatic carbocycles. The number of fused-ring (bicyclic) bond motifs is 6. The molecule has 3 heterocycles. The number of rotatable bonds is 8. The Labute approximate surface area is 365 Å². The lowest BCUT2D eigenvalue weighted by Gasteiger charge is -2.25. The van der Waals surface area contributed by atoms with Crippen molar-refractivity contribution in [1.82, 2.24) is 14.1 Å². The average molecular weight is 805 g/mol. The second-order valence-electron chi connectivity index (χ2n) is 16.0. The largest absolute Gasteiger partial charge is 0.311 e. The summed E-state index contributed by atoms with van der Waals surface area (Å²) < 4.78 is 4.84. The zero-order valence-corrected chi connectivity index (χ0v) is 34.4. The molecule has 0 saturated heterocycles. The lowest BCUT2D eigenvalue weighted by Crippen LogP contribution is -2.09. The van der Waals surface area contributed by atoms with Gasteiger partial charge in [0.15, 0.2) is 0 Å². The summed E-state index contributed by atoms with van der Waals surface area (Å²) >= 11 is 0. The number of nitrogens with zero attached hydrogens (tertiary/aromatic N) is 4. The summed E-state index contributed by atoms with van der Waals surface area (Å²) in [5.41, 5.74) is 17.4. The molecule has 0 bridgehead atoms. The molecule has 0 fully saturated rings. The first-order valence-electron chi connectivity index (χ1n) is 21.4. The van der Waals surface area contributed by atoms with Gasteiger partial charge in [0.1, 0.15) is 0 Å². The Kier molecular flexibility index (Phi) is 8.79. The van der Waals surface area contributed by atoms with Crippen molar-refractivity contribution in [2.45, 2.75) is 0 Å².